The molecule has 1 N–H and O–H groups in total. The number of benzene rings is 3. The van der Waals surface area contributed by atoms with Crippen molar-refractivity contribution in [3.63, 3.8) is 0 Å². The molecule has 10 heteroatoms. The Morgan fingerprint density at radius 1 is 1.09 bits per heavy atom. The number of nitrogens with zero attached hydrogens (tertiary/aromatic N) is 2. The minimum atomic E-state index is -4.61. The van der Waals surface area contributed by atoms with Crippen LogP contribution in [0.4, 0.5) is 18.9 Å². The predicted molar refractivity (Wildman–Crippen MR) is 125 cm³/mol. The summed E-state index contributed by atoms with van der Waals surface area (Å²) < 4.78 is 42.2. The summed E-state index contributed by atoms with van der Waals surface area (Å²) in [5.74, 6) is -0.466. The molecule has 1 heterocycles. The molecule has 34 heavy (non-hydrogen) atoms. The van der Waals surface area contributed by atoms with Crippen molar-refractivity contribution in [2.24, 2.45) is 4.99 Å². The molecule has 0 saturated heterocycles. The lowest BCUT2D eigenvalue weighted by atomic mass is 10.2. The molecular formula is C24H19Cl2F3N3OS-. The Morgan fingerprint density at radius 3 is 2.53 bits per heavy atom. The van der Waals surface area contributed by atoms with Gasteiger partial charge < -0.3 is 22.3 Å². The molecule has 0 bridgehead atoms. The highest BCUT2D eigenvalue weighted by atomic mass is 35.5. The second kappa shape index (κ2) is 10.6. The quantitative estimate of drug-likeness (QED) is 0.427. The SMILES string of the molecule is Cc1ccc2c(c1)sc(=NCc1ccccc1)n2CC(=O)Nc1ccc(Cl)c(C(F)(F)F)c1.[Cl-]. The molecule has 3 aromatic carbocycles. The number of aromatic nitrogens is 1. The van der Waals surface area contributed by atoms with Crippen molar-refractivity contribution in [2.45, 2.75) is 26.2 Å². The van der Waals surface area contributed by atoms with Crippen LogP contribution in [0.1, 0.15) is 16.7 Å². The number of anilines is 1. The zero-order valence-electron chi connectivity index (χ0n) is 17.9. The second-order valence-corrected chi connectivity index (χ2v) is 8.90. The molecule has 4 rings (SSSR count). The lowest BCUT2D eigenvalue weighted by Gasteiger charge is -2.12. The summed E-state index contributed by atoms with van der Waals surface area (Å²) in [5, 5.41) is 2.12. The highest BCUT2D eigenvalue weighted by molar-refractivity contribution is 7.16. The normalized spacial score (nSPS) is 12.0. The third-order valence-corrected chi connectivity index (χ3v) is 6.34. The van der Waals surface area contributed by atoms with E-state index in [-0.39, 0.29) is 24.6 Å². The van der Waals surface area contributed by atoms with Crippen LogP contribution in [0.15, 0.2) is 71.7 Å². The second-order valence-electron chi connectivity index (χ2n) is 7.48. The lowest BCUT2D eigenvalue weighted by Crippen LogP contribution is -3.00. The van der Waals surface area contributed by atoms with E-state index in [4.69, 9.17) is 16.6 Å². The van der Waals surface area contributed by atoms with Gasteiger partial charge >= 0.3 is 6.18 Å². The molecule has 0 saturated carbocycles. The molecule has 4 aromatic rings. The number of thiazole rings is 1. The smallest absolute Gasteiger partial charge is 0.417 e. The number of nitrogens with one attached hydrogen (secondary N) is 1. The molecule has 4 nitrogen and oxygen atoms in total. The van der Waals surface area contributed by atoms with E-state index in [0.29, 0.717) is 11.3 Å². The first-order valence-electron chi connectivity index (χ1n) is 10.0. The van der Waals surface area contributed by atoms with Crippen LogP contribution >= 0.6 is 22.9 Å². The van der Waals surface area contributed by atoms with Crippen LogP contribution in [0.3, 0.4) is 0 Å². The summed E-state index contributed by atoms with van der Waals surface area (Å²) in [6.07, 6.45) is -4.61. The lowest BCUT2D eigenvalue weighted by molar-refractivity contribution is -0.137. The van der Waals surface area contributed by atoms with Gasteiger partial charge in [-0.1, -0.05) is 59.3 Å². The average Bonchev–Trinajstić information content (AvgIpc) is 3.09. The number of alkyl halides is 3. The molecule has 0 aliphatic heterocycles. The van der Waals surface area contributed by atoms with Crippen LogP contribution in [0.25, 0.3) is 10.2 Å². The first-order valence-corrected chi connectivity index (χ1v) is 11.2. The number of carbonyl (C=O) groups excluding carboxylic acids is 1. The highest BCUT2D eigenvalue weighted by Gasteiger charge is 2.33. The maximum absolute atomic E-state index is 13.1. The number of amides is 1. The summed E-state index contributed by atoms with van der Waals surface area (Å²) in [5.41, 5.74) is 1.97. The number of fused-ring (bicyclic) bond motifs is 1. The zero-order chi connectivity index (χ0) is 23.6. The van der Waals surface area contributed by atoms with Crippen LogP contribution in [0.2, 0.25) is 5.02 Å². The van der Waals surface area contributed by atoms with Gasteiger partial charge in [0, 0.05) is 5.69 Å². The molecule has 0 spiro atoms. The third kappa shape index (κ3) is 6.00. The Labute approximate surface area is 209 Å². The van der Waals surface area contributed by atoms with E-state index >= 15 is 0 Å². The van der Waals surface area contributed by atoms with Gasteiger partial charge in [0.2, 0.25) is 5.91 Å². The standard InChI is InChI=1S/C24H19ClF3N3OS.ClH/c1-15-7-10-20-21(11-15)33-23(29-13-16-5-3-2-4-6-16)31(20)14-22(32)30-17-8-9-19(25)18(12-17)24(26,27)28;/h2-12H,13-14H2,1H3,(H,30,32);1H/p-1. The summed E-state index contributed by atoms with van der Waals surface area (Å²) >= 11 is 7.13. The number of rotatable bonds is 5. The number of halogens is 5. The van der Waals surface area contributed by atoms with Crippen molar-refractivity contribution in [1.29, 1.82) is 0 Å². The minimum absolute atomic E-state index is 0. The number of carbonyl (C=O) groups is 1. The third-order valence-electron chi connectivity index (χ3n) is 4.94. The van der Waals surface area contributed by atoms with Crippen LogP contribution in [-0.4, -0.2) is 10.5 Å². The average molecular weight is 525 g/mol. The molecule has 0 aliphatic rings. The minimum Gasteiger partial charge on any atom is -1.00 e. The van der Waals surface area contributed by atoms with Crippen molar-refractivity contribution in [3.8, 4) is 0 Å². The molecule has 0 aliphatic carbocycles. The maximum Gasteiger partial charge on any atom is 0.417 e. The Hall–Kier alpha value is -2.81. The number of hydrogen-bond donors (Lipinski definition) is 1. The fourth-order valence-electron chi connectivity index (χ4n) is 3.36. The summed E-state index contributed by atoms with van der Waals surface area (Å²) in [6.45, 7) is 2.33. The maximum atomic E-state index is 13.1. The van der Waals surface area contributed by atoms with Gasteiger partial charge in [-0.15, -0.1) is 0 Å². The van der Waals surface area contributed by atoms with Crippen molar-refractivity contribution < 1.29 is 30.4 Å². The van der Waals surface area contributed by atoms with Crippen LogP contribution < -0.4 is 22.5 Å². The fraction of sp³-hybridized carbons (Fsp3) is 0.167. The molecule has 1 aromatic heterocycles. The van der Waals surface area contributed by atoms with Crippen molar-refractivity contribution in [2.75, 3.05) is 5.32 Å². The molecule has 0 radical (unpaired) electrons. The summed E-state index contributed by atoms with van der Waals surface area (Å²) in [4.78, 5) is 18.1. The van der Waals surface area contributed by atoms with Gasteiger partial charge in [0.25, 0.3) is 0 Å². The van der Waals surface area contributed by atoms with E-state index in [1.165, 1.54) is 17.4 Å². The zero-order valence-corrected chi connectivity index (χ0v) is 20.2. The van der Waals surface area contributed by atoms with Gasteiger partial charge in [-0.2, -0.15) is 13.2 Å². The van der Waals surface area contributed by atoms with Gasteiger partial charge in [0.1, 0.15) is 6.54 Å². The first kappa shape index (κ1) is 25.8. The monoisotopic (exact) mass is 524 g/mol. The first-order chi connectivity index (χ1) is 15.7. The highest BCUT2D eigenvalue weighted by Crippen LogP contribution is 2.36. The summed E-state index contributed by atoms with van der Waals surface area (Å²) in [7, 11) is 0. The Morgan fingerprint density at radius 2 is 1.82 bits per heavy atom. The van der Waals surface area contributed by atoms with Gasteiger partial charge in [-0.05, 0) is 48.4 Å². The largest absolute Gasteiger partial charge is 1.00 e. The Kier molecular flexibility index (Phi) is 8.07. The molecule has 0 fully saturated rings. The van der Waals surface area contributed by atoms with Crippen LogP contribution in [0.5, 0.6) is 0 Å². The van der Waals surface area contributed by atoms with Gasteiger partial charge in [-0.25, -0.2) is 0 Å². The van der Waals surface area contributed by atoms with E-state index in [1.54, 1.807) is 4.57 Å². The molecule has 0 atom stereocenters. The van der Waals surface area contributed by atoms with Gasteiger partial charge in [0.15, 0.2) is 4.80 Å². The Bertz CT molecular complexity index is 1380. The molecule has 0 unspecified atom stereocenters. The van der Waals surface area contributed by atoms with Gasteiger partial charge in [-0.3, -0.25) is 9.79 Å². The fourth-order valence-corrected chi connectivity index (χ4v) is 4.71. The van der Waals surface area contributed by atoms with E-state index in [1.807, 2.05) is 55.5 Å². The van der Waals surface area contributed by atoms with Gasteiger partial charge in [0.05, 0.1) is 27.3 Å². The van der Waals surface area contributed by atoms with Crippen molar-refractivity contribution >= 4 is 44.7 Å². The predicted octanol–water partition coefficient (Wildman–Crippen LogP) is 3.43. The topological polar surface area (TPSA) is 46.4 Å². The molecule has 1 amide bonds. The van der Waals surface area contributed by atoms with E-state index in [0.717, 1.165) is 33.5 Å². The van der Waals surface area contributed by atoms with E-state index < -0.39 is 22.7 Å². The Balaban J connectivity index is 0.00000324. The van der Waals surface area contributed by atoms with Crippen LogP contribution in [0, 0.1) is 6.92 Å². The van der Waals surface area contributed by atoms with E-state index in [2.05, 4.69) is 5.32 Å². The number of aryl methyl sites for hydroxylation is 1. The van der Waals surface area contributed by atoms with Crippen LogP contribution in [-0.2, 0) is 24.1 Å². The van der Waals surface area contributed by atoms with E-state index in [9.17, 15) is 18.0 Å². The summed E-state index contributed by atoms with van der Waals surface area (Å²) in [6, 6.07) is 18.9. The number of hydrogen-bond acceptors (Lipinski definition) is 3. The van der Waals surface area contributed by atoms with Crippen molar-refractivity contribution in [3.05, 3.63) is 93.2 Å². The molecule has 178 valence electrons. The van der Waals surface area contributed by atoms with Crippen molar-refractivity contribution in [1.82, 2.24) is 4.57 Å². The molecular weight excluding hydrogens is 506 g/mol.